The monoisotopic (exact) mass is 365 g/mol. The predicted octanol–water partition coefficient (Wildman–Crippen LogP) is 5.78. The molecule has 128 valence electrons. The highest BCUT2D eigenvalue weighted by molar-refractivity contribution is 6.36. The molecule has 2 aromatic rings. The van der Waals surface area contributed by atoms with Crippen molar-refractivity contribution in [1.82, 2.24) is 0 Å². The van der Waals surface area contributed by atoms with Crippen LogP contribution in [0.1, 0.15) is 37.7 Å². The maximum Gasteiger partial charge on any atom is 0.0867 e. The minimum atomic E-state index is 0.232. The van der Waals surface area contributed by atoms with Crippen LogP contribution in [0.5, 0.6) is 0 Å². The molecule has 0 fully saturated rings. The zero-order valence-electron chi connectivity index (χ0n) is 13.4. The second-order valence-electron chi connectivity index (χ2n) is 5.64. The molecule has 0 aliphatic carbocycles. The summed E-state index contributed by atoms with van der Waals surface area (Å²) in [5, 5.41) is 22.7. The number of hydrogen-bond acceptors (Lipinski definition) is 3. The van der Waals surface area contributed by atoms with Gasteiger partial charge in [0.05, 0.1) is 5.71 Å². The molecule has 0 radical (unpaired) electrons. The minimum Gasteiger partial charge on any atom is -0.411 e. The van der Waals surface area contributed by atoms with Gasteiger partial charge in [0.15, 0.2) is 0 Å². The number of halogens is 2. The molecule has 0 heterocycles. The van der Waals surface area contributed by atoms with Gasteiger partial charge in [-0.15, -0.1) is 0 Å². The van der Waals surface area contributed by atoms with Crippen LogP contribution >= 0.6 is 23.2 Å². The number of unbranched alkanes of at least 4 members (excludes halogenated alkanes) is 3. The Bertz CT molecular complexity index is 684. The van der Waals surface area contributed by atoms with Crippen LogP contribution in [-0.4, -0.2) is 22.6 Å². The first-order valence-corrected chi connectivity index (χ1v) is 8.79. The molecule has 0 unspecified atom stereocenters. The van der Waals surface area contributed by atoms with Gasteiger partial charge < -0.3 is 10.3 Å². The number of benzene rings is 2. The third-order valence-corrected chi connectivity index (χ3v) is 4.45. The normalized spacial score (nSPS) is 11.7. The van der Waals surface area contributed by atoms with E-state index in [4.69, 9.17) is 28.3 Å². The molecule has 0 bridgehead atoms. The van der Waals surface area contributed by atoms with Gasteiger partial charge in [-0.05, 0) is 42.5 Å². The third kappa shape index (κ3) is 5.23. The van der Waals surface area contributed by atoms with Gasteiger partial charge in [0.1, 0.15) is 0 Å². The molecule has 2 rings (SSSR count). The van der Waals surface area contributed by atoms with Crippen molar-refractivity contribution in [3.05, 3.63) is 58.1 Å². The van der Waals surface area contributed by atoms with Crippen molar-refractivity contribution in [3.8, 4) is 11.1 Å². The fourth-order valence-corrected chi connectivity index (χ4v) is 3.09. The fraction of sp³-hybridized carbons (Fsp3) is 0.316. The lowest BCUT2D eigenvalue weighted by atomic mass is 9.99. The molecule has 3 nitrogen and oxygen atoms in total. The highest BCUT2D eigenvalue weighted by Gasteiger charge is 2.08. The summed E-state index contributed by atoms with van der Waals surface area (Å²) < 4.78 is 0. The average molecular weight is 366 g/mol. The van der Waals surface area contributed by atoms with E-state index in [2.05, 4.69) is 5.16 Å². The molecular weight excluding hydrogens is 345 g/mol. The van der Waals surface area contributed by atoms with Gasteiger partial charge in [0.2, 0.25) is 0 Å². The Hall–Kier alpha value is -1.55. The standard InChI is InChI=1S/C19H21Cl2NO2/c20-16-10-11-17(18(21)13-16)14-6-8-15(9-7-14)19(22-24)5-3-1-2-4-12-23/h6-11,13,23-24H,1-5,12H2/b22-19+. The Morgan fingerprint density at radius 2 is 1.62 bits per heavy atom. The minimum absolute atomic E-state index is 0.232. The van der Waals surface area contributed by atoms with E-state index in [-0.39, 0.29) is 6.61 Å². The SMILES string of the molecule is OCCCCCC/C(=N\O)c1ccc(-c2ccc(Cl)cc2Cl)cc1. The maximum atomic E-state index is 9.26. The second kappa shape index (κ2) is 9.67. The molecule has 0 atom stereocenters. The van der Waals surface area contributed by atoms with Crippen LogP contribution in [0.4, 0.5) is 0 Å². The van der Waals surface area contributed by atoms with Crippen LogP contribution in [0.2, 0.25) is 10.0 Å². The van der Waals surface area contributed by atoms with Gasteiger partial charge in [-0.2, -0.15) is 0 Å². The van der Waals surface area contributed by atoms with Crippen LogP contribution in [0.15, 0.2) is 47.6 Å². The summed E-state index contributed by atoms with van der Waals surface area (Å²) in [4.78, 5) is 0. The summed E-state index contributed by atoms with van der Waals surface area (Å²) in [5.74, 6) is 0. The van der Waals surface area contributed by atoms with Crippen molar-refractivity contribution in [3.63, 3.8) is 0 Å². The van der Waals surface area contributed by atoms with Gasteiger partial charge in [0.25, 0.3) is 0 Å². The van der Waals surface area contributed by atoms with Crippen LogP contribution < -0.4 is 0 Å². The van der Waals surface area contributed by atoms with E-state index in [9.17, 15) is 5.21 Å². The molecule has 0 aliphatic rings. The summed E-state index contributed by atoms with van der Waals surface area (Å²) in [7, 11) is 0. The van der Waals surface area contributed by atoms with Gasteiger partial charge >= 0.3 is 0 Å². The van der Waals surface area contributed by atoms with Crippen LogP contribution in [0.25, 0.3) is 11.1 Å². The zero-order chi connectivity index (χ0) is 17.4. The Morgan fingerprint density at radius 1 is 0.917 bits per heavy atom. The largest absolute Gasteiger partial charge is 0.411 e. The molecule has 0 aliphatic heterocycles. The Morgan fingerprint density at radius 3 is 2.25 bits per heavy atom. The van der Waals surface area contributed by atoms with Crippen LogP contribution in [-0.2, 0) is 0 Å². The first-order valence-electron chi connectivity index (χ1n) is 8.03. The van der Waals surface area contributed by atoms with Gasteiger partial charge in [0, 0.05) is 22.2 Å². The van der Waals surface area contributed by atoms with Crippen molar-refractivity contribution < 1.29 is 10.3 Å². The summed E-state index contributed by atoms with van der Waals surface area (Å²) in [5.41, 5.74) is 3.47. The number of oxime groups is 1. The average Bonchev–Trinajstić information content (AvgIpc) is 2.59. The van der Waals surface area contributed by atoms with Gasteiger partial charge in [-0.1, -0.05) is 71.5 Å². The number of rotatable bonds is 8. The fourth-order valence-electron chi connectivity index (χ4n) is 2.58. The molecule has 0 spiro atoms. The zero-order valence-corrected chi connectivity index (χ0v) is 14.9. The van der Waals surface area contributed by atoms with E-state index in [1.807, 2.05) is 36.4 Å². The summed E-state index contributed by atoms with van der Waals surface area (Å²) in [6, 6.07) is 13.2. The molecule has 5 heteroatoms. The molecule has 2 N–H and O–H groups in total. The van der Waals surface area contributed by atoms with Crippen molar-refractivity contribution in [1.29, 1.82) is 0 Å². The van der Waals surface area contributed by atoms with Crippen molar-refractivity contribution in [2.75, 3.05) is 6.61 Å². The molecule has 0 aromatic heterocycles. The maximum absolute atomic E-state index is 9.26. The van der Waals surface area contributed by atoms with E-state index in [1.165, 1.54) is 0 Å². The topological polar surface area (TPSA) is 52.8 Å². The van der Waals surface area contributed by atoms with Gasteiger partial charge in [-0.3, -0.25) is 0 Å². The Kier molecular flexibility index (Phi) is 7.57. The Balaban J connectivity index is 2.04. The van der Waals surface area contributed by atoms with E-state index in [0.29, 0.717) is 22.2 Å². The van der Waals surface area contributed by atoms with Crippen molar-refractivity contribution in [2.45, 2.75) is 32.1 Å². The predicted molar refractivity (Wildman–Crippen MR) is 100 cm³/mol. The Labute approximate surface area is 152 Å². The van der Waals surface area contributed by atoms with Crippen molar-refractivity contribution in [2.24, 2.45) is 5.16 Å². The van der Waals surface area contributed by atoms with E-state index >= 15 is 0 Å². The van der Waals surface area contributed by atoms with Gasteiger partial charge in [-0.25, -0.2) is 0 Å². The number of aliphatic hydroxyl groups is 1. The summed E-state index contributed by atoms with van der Waals surface area (Å²) in [6.45, 7) is 0.232. The van der Waals surface area contributed by atoms with Crippen LogP contribution in [0.3, 0.4) is 0 Å². The van der Waals surface area contributed by atoms with E-state index < -0.39 is 0 Å². The van der Waals surface area contributed by atoms with Crippen molar-refractivity contribution >= 4 is 28.9 Å². The summed E-state index contributed by atoms with van der Waals surface area (Å²) in [6.07, 6.45) is 4.47. The lowest BCUT2D eigenvalue weighted by molar-refractivity contribution is 0.282. The molecule has 0 saturated carbocycles. The molecule has 0 saturated heterocycles. The lowest BCUT2D eigenvalue weighted by Gasteiger charge is -2.08. The smallest absolute Gasteiger partial charge is 0.0867 e. The highest BCUT2D eigenvalue weighted by Crippen LogP contribution is 2.30. The molecule has 24 heavy (non-hydrogen) atoms. The number of aliphatic hydroxyl groups excluding tert-OH is 1. The third-order valence-electron chi connectivity index (χ3n) is 3.90. The number of hydrogen-bond donors (Lipinski definition) is 2. The summed E-state index contributed by atoms with van der Waals surface area (Å²) >= 11 is 12.2. The highest BCUT2D eigenvalue weighted by atomic mass is 35.5. The molecular formula is C19H21Cl2NO2. The molecule has 2 aromatic carbocycles. The molecule has 0 amide bonds. The number of nitrogens with zero attached hydrogens (tertiary/aromatic N) is 1. The van der Waals surface area contributed by atoms with E-state index in [1.54, 1.807) is 6.07 Å². The first kappa shape index (κ1) is 18.8. The van der Waals surface area contributed by atoms with E-state index in [0.717, 1.165) is 42.4 Å². The second-order valence-corrected chi connectivity index (χ2v) is 6.48. The lowest BCUT2D eigenvalue weighted by Crippen LogP contribution is -2.01. The first-order chi connectivity index (χ1) is 11.7. The van der Waals surface area contributed by atoms with Crippen LogP contribution in [0, 0.1) is 0 Å². The quantitative estimate of drug-likeness (QED) is 0.269.